The molecular formula is C18H24BrNO. The van der Waals surface area contributed by atoms with Crippen molar-refractivity contribution in [1.82, 2.24) is 5.32 Å². The Morgan fingerprint density at radius 1 is 1.14 bits per heavy atom. The highest BCUT2D eigenvalue weighted by Crippen LogP contribution is 2.22. The van der Waals surface area contributed by atoms with Gasteiger partial charge in [-0.25, -0.2) is 0 Å². The van der Waals surface area contributed by atoms with E-state index < -0.39 is 0 Å². The van der Waals surface area contributed by atoms with Crippen molar-refractivity contribution in [2.45, 2.75) is 39.2 Å². The average molecular weight is 350 g/mol. The molecule has 1 unspecified atom stereocenters. The maximum absolute atomic E-state index is 5.21. The van der Waals surface area contributed by atoms with Gasteiger partial charge in [0, 0.05) is 10.0 Å². The number of nitrogens with one attached hydrogen (secondary N) is 1. The van der Waals surface area contributed by atoms with Gasteiger partial charge in [0.15, 0.2) is 0 Å². The largest absolute Gasteiger partial charge is 0.472 e. The molecule has 21 heavy (non-hydrogen) atoms. The predicted octanol–water partition coefficient (Wildman–Crippen LogP) is 4.83. The topological polar surface area (TPSA) is 25.2 Å². The standard InChI is InChI=1S/C18H24BrNO/c1-18(2,3)20-12-15(10-14-8-9-21-13-14)11-16-6-4-5-7-17(16)19/h4-9,13,15,20H,10-12H2,1-3H3. The molecule has 0 aliphatic carbocycles. The Hall–Kier alpha value is -1.06. The van der Waals surface area contributed by atoms with Crippen LogP contribution in [0, 0.1) is 5.92 Å². The second kappa shape index (κ2) is 7.28. The first-order valence-corrected chi connectivity index (χ1v) is 8.23. The molecule has 1 N–H and O–H groups in total. The molecular weight excluding hydrogens is 326 g/mol. The summed E-state index contributed by atoms with van der Waals surface area (Å²) in [6, 6.07) is 10.5. The van der Waals surface area contributed by atoms with Gasteiger partial charge in [-0.1, -0.05) is 34.1 Å². The Kier molecular flexibility index (Phi) is 5.65. The van der Waals surface area contributed by atoms with Crippen LogP contribution in [0.5, 0.6) is 0 Å². The number of rotatable bonds is 6. The smallest absolute Gasteiger partial charge is 0.0934 e. The van der Waals surface area contributed by atoms with Crippen LogP contribution in [0.3, 0.4) is 0 Å². The molecule has 1 heterocycles. The molecule has 2 nitrogen and oxygen atoms in total. The van der Waals surface area contributed by atoms with E-state index in [0.29, 0.717) is 5.92 Å². The highest BCUT2D eigenvalue weighted by atomic mass is 79.9. The number of benzene rings is 1. The van der Waals surface area contributed by atoms with Crippen molar-refractivity contribution in [2.24, 2.45) is 5.92 Å². The zero-order chi connectivity index (χ0) is 15.3. The van der Waals surface area contributed by atoms with Crippen LogP contribution in [0.1, 0.15) is 31.9 Å². The van der Waals surface area contributed by atoms with Crippen molar-refractivity contribution in [3.8, 4) is 0 Å². The minimum absolute atomic E-state index is 0.141. The van der Waals surface area contributed by atoms with E-state index in [1.54, 1.807) is 6.26 Å². The molecule has 1 aromatic carbocycles. The Morgan fingerprint density at radius 2 is 1.90 bits per heavy atom. The van der Waals surface area contributed by atoms with E-state index in [2.05, 4.69) is 72.3 Å². The highest BCUT2D eigenvalue weighted by molar-refractivity contribution is 9.10. The van der Waals surface area contributed by atoms with Gasteiger partial charge in [0.25, 0.3) is 0 Å². The first-order valence-electron chi connectivity index (χ1n) is 7.43. The lowest BCUT2D eigenvalue weighted by atomic mass is 9.92. The maximum atomic E-state index is 5.21. The van der Waals surface area contributed by atoms with Crippen LogP contribution >= 0.6 is 15.9 Å². The van der Waals surface area contributed by atoms with E-state index in [0.717, 1.165) is 19.4 Å². The van der Waals surface area contributed by atoms with Crippen LogP contribution < -0.4 is 5.32 Å². The Balaban J connectivity index is 2.06. The summed E-state index contributed by atoms with van der Waals surface area (Å²) in [6.07, 6.45) is 5.68. The minimum atomic E-state index is 0.141. The lowest BCUT2D eigenvalue weighted by molar-refractivity contribution is 0.366. The molecule has 0 saturated heterocycles. The molecule has 0 amide bonds. The third kappa shape index (κ3) is 5.68. The zero-order valence-corrected chi connectivity index (χ0v) is 14.6. The van der Waals surface area contributed by atoms with Crippen LogP contribution in [-0.4, -0.2) is 12.1 Å². The van der Waals surface area contributed by atoms with Crippen LogP contribution in [-0.2, 0) is 12.8 Å². The Morgan fingerprint density at radius 3 is 2.52 bits per heavy atom. The van der Waals surface area contributed by atoms with Crippen LogP contribution in [0.25, 0.3) is 0 Å². The predicted molar refractivity (Wildman–Crippen MR) is 91.5 cm³/mol. The van der Waals surface area contributed by atoms with Gasteiger partial charge in [-0.3, -0.25) is 0 Å². The van der Waals surface area contributed by atoms with E-state index in [-0.39, 0.29) is 5.54 Å². The first kappa shape index (κ1) is 16.3. The van der Waals surface area contributed by atoms with Gasteiger partial charge in [0.2, 0.25) is 0 Å². The molecule has 0 radical (unpaired) electrons. The van der Waals surface area contributed by atoms with E-state index in [9.17, 15) is 0 Å². The fraction of sp³-hybridized carbons (Fsp3) is 0.444. The van der Waals surface area contributed by atoms with Crippen molar-refractivity contribution in [2.75, 3.05) is 6.54 Å². The van der Waals surface area contributed by atoms with Crippen LogP contribution in [0.4, 0.5) is 0 Å². The fourth-order valence-corrected chi connectivity index (χ4v) is 2.83. The number of hydrogen-bond donors (Lipinski definition) is 1. The molecule has 2 aromatic rings. The summed E-state index contributed by atoms with van der Waals surface area (Å²) in [5, 5.41) is 3.63. The van der Waals surface area contributed by atoms with Gasteiger partial charge in [-0.15, -0.1) is 0 Å². The molecule has 0 bridgehead atoms. The molecule has 0 saturated carbocycles. The summed E-state index contributed by atoms with van der Waals surface area (Å²) in [5.41, 5.74) is 2.77. The molecule has 0 spiro atoms. The van der Waals surface area contributed by atoms with E-state index in [1.807, 2.05) is 6.26 Å². The summed E-state index contributed by atoms with van der Waals surface area (Å²) in [6.45, 7) is 7.62. The fourth-order valence-electron chi connectivity index (χ4n) is 2.38. The highest BCUT2D eigenvalue weighted by Gasteiger charge is 2.16. The van der Waals surface area contributed by atoms with Gasteiger partial charge in [0.1, 0.15) is 0 Å². The lowest BCUT2D eigenvalue weighted by Crippen LogP contribution is -2.40. The van der Waals surface area contributed by atoms with Crippen molar-refractivity contribution >= 4 is 15.9 Å². The maximum Gasteiger partial charge on any atom is 0.0934 e. The Bertz CT molecular complexity index is 543. The molecule has 0 fully saturated rings. The quantitative estimate of drug-likeness (QED) is 0.807. The summed E-state index contributed by atoms with van der Waals surface area (Å²) in [7, 11) is 0. The van der Waals surface area contributed by atoms with Crippen LogP contribution in [0.2, 0.25) is 0 Å². The summed E-state index contributed by atoms with van der Waals surface area (Å²) in [4.78, 5) is 0. The normalized spacial score (nSPS) is 13.3. The molecule has 3 heteroatoms. The SMILES string of the molecule is CC(C)(C)NCC(Cc1ccoc1)Cc1ccccc1Br. The van der Waals surface area contributed by atoms with Gasteiger partial charge in [0.05, 0.1) is 12.5 Å². The molecule has 1 atom stereocenters. The average Bonchev–Trinajstić information content (AvgIpc) is 2.90. The molecule has 2 rings (SSSR count). The monoisotopic (exact) mass is 349 g/mol. The summed E-state index contributed by atoms with van der Waals surface area (Å²) < 4.78 is 6.40. The van der Waals surface area contributed by atoms with E-state index in [1.165, 1.54) is 15.6 Å². The minimum Gasteiger partial charge on any atom is -0.472 e. The molecule has 114 valence electrons. The van der Waals surface area contributed by atoms with Crippen molar-refractivity contribution < 1.29 is 4.42 Å². The lowest BCUT2D eigenvalue weighted by Gasteiger charge is -2.25. The van der Waals surface area contributed by atoms with E-state index in [4.69, 9.17) is 4.42 Å². The van der Waals surface area contributed by atoms with Crippen molar-refractivity contribution in [3.63, 3.8) is 0 Å². The van der Waals surface area contributed by atoms with Gasteiger partial charge < -0.3 is 9.73 Å². The Labute approximate surface area is 136 Å². The second-order valence-corrected chi connectivity index (χ2v) is 7.48. The summed E-state index contributed by atoms with van der Waals surface area (Å²) >= 11 is 3.65. The third-order valence-corrected chi connectivity index (χ3v) is 4.27. The zero-order valence-electron chi connectivity index (χ0n) is 13.0. The van der Waals surface area contributed by atoms with Gasteiger partial charge >= 0.3 is 0 Å². The summed E-state index contributed by atoms with van der Waals surface area (Å²) in [5.74, 6) is 0.542. The second-order valence-electron chi connectivity index (χ2n) is 6.63. The number of halogens is 1. The number of hydrogen-bond acceptors (Lipinski definition) is 2. The van der Waals surface area contributed by atoms with Gasteiger partial charge in [-0.05, 0) is 69.3 Å². The van der Waals surface area contributed by atoms with Gasteiger partial charge in [-0.2, -0.15) is 0 Å². The molecule has 0 aliphatic rings. The first-order chi connectivity index (χ1) is 9.94. The van der Waals surface area contributed by atoms with Crippen LogP contribution in [0.15, 0.2) is 51.7 Å². The third-order valence-electron chi connectivity index (χ3n) is 3.49. The molecule has 0 aliphatic heterocycles. The van der Waals surface area contributed by atoms with Crippen molar-refractivity contribution in [3.05, 3.63) is 58.5 Å². The van der Waals surface area contributed by atoms with Crippen molar-refractivity contribution in [1.29, 1.82) is 0 Å². The molecule has 1 aromatic heterocycles. The number of furan rings is 1. The van der Waals surface area contributed by atoms with E-state index >= 15 is 0 Å².